The first-order valence-electron chi connectivity index (χ1n) is 11.9. The summed E-state index contributed by atoms with van der Waals surface area (Å²) < 4.78 is 7.52. The Morgan fingerprint density at radius 2 is 1.78 bits per heavy atom. The second kappa shape index (κ2) is 8.67. The lowest BCUT2D eigenvalue weighted by molar-refractivity contribution is -0.384. The van der Waals surface area contributed by atoms with Crippen molar-refractivity contribution in [3.63, 3.8) is 0 Å². The van der Waals surface area contributed by atoms with Gasteiger partial charge in [-0.15, -0.1) is 0 Å². The van der Waals surface area contributed by atoms with E-state index in [9.17, 15) is 14.9 Å². The standard InChI is InChI=1S/C29H22N4O4/c1-17-8-13-25-24(14-17)26(27(29(34)37-25)19-6-4-3-5-7-19)20-15-23-18(2)31-32(28(23)30-16-20)21-9-11-22(12-10-21)33(35)36/h3-16,24-25H,1-2H3. The molecule has 4 aromatic rings. The Morgan fingerprint density at radius 1 is 1.03 bits per heavy atom. The molecule has 2 aromatic heterocycles. The van der Waals surface area contributed by atoms with Crippen molar-refractivity contribution >= 4 is 33.8 Å². The number of benzene rings is 2. The van der Waals surface area contributed by atoms with Crippen LogP contribution >= 0.6 is 0 Å². The van der Waals surface area contributed by atoms with E-state index in [1.165, 1.54) is 12.1 Å². The van der Waals surface area contributed by atoms with Gasteiger partial charge in [-0.1, -0.05) is 48.1 Å². The second-order valence-electron chi connectivity index (χ2n) is 9.19. The van der Waals surface area contributed by atoms with E-state index in [2.05, 4.69) is 11.2 Å². The summed E-state index contributed by atoms with van der Waals surface area (Å²) >= 11 is 0. The highest BCUT2D eigenvalue weighted by atomic mass is 16.6. The first kappa shape index (κ1) is 22.6. The minimum absolute atomic E-state index is 0.0103. The summed E-state index contributed by atoms with van der Waals surface area (Å²) in [6.07, 6.45) is 7.41. The molecule has 0 N–H and O–H groups in total. The molecule has 2 unspecified atom stereocenters. The monoisotopic (exact) mass is 490 g/mol. The maximum atomic E-state index is 13.3. The number of carbonyl (C=O) groups excluding carboxylic acids is 1. The largest absolute Gasteiger partial charge is 0.454 e. The summed E-state index contributed by atoms with van der Waals surface area (Å²) in [6.45, 7) is 3.93. The summed E-state index contributed by atoms with van der Waals surface area (Å²) in [5, 5.41) is 16.5. The third kappa shape index (κ3) is 3.83. The maximum Gasteiger partial charge on any atom is 0.339 e. The van der Waals surface area contributed by atoms with Crippen LogP contribution in [0.1, 0.15) is 23.7 Å². The quantitative estimate of drug-likeness (QED) is 0.210. The number of aromatic nitrogens is 3. The molecule has 0 radical (unpaired) electrons. The highest BCUT2D eigenvalue weighted by Gasteiger charge is 2.38. The minimum atomic E-state index is -0.433. The lowest BCUT2D eigenvalue weighted by atomic mass is 9.78. The average molecular weight is 491 g/mol. The van der Waals surface area contributed by atoms with Crippen LogP contribution in [0.5, 0.6) is 0 Å². The van der Waals surface area contributed by atoms with E-state index < -0.39 is 11.0 Å². The Hall–Kier alpha value is -4.85. The van der Waals surface area contributed by atoms with Gasteiger partial charge < -0.3 is 4.74 Å². The maximum absolute atomic E-state index is 13.3. The number of non-ortho nitro benzene ring substituents is 1. The molecule has 2 aliphatic rings. The van der Waals surface area contributed by atoms with Crippen LogP contribution in [0.2, 0.25) is 0 Å². The van der Waals surface area contributed by atoms with Crippen molar-refractivity contribution < 1.29 is 14.5 Å². The molecule has 2 aromatic carbocycles. The number of hydrogen-bond donors (Lipinski definition) is 0. The van der Waals surface area contributed by atoms with Gasteiger partial charge in [-0.05, 0) is 54.8 Å². The van der Waals surface area contributed by atoms with E-state index in [1.54, 1.807) is 23.0 Å². The molecule has 8 heteroatoms. The summed E-state index contributed by atoms with van der Waals surface area (Å²) in [5.41, 5.74) is 6.18. The molecule has 0 fully saturated rings. The number of nitrogens with zero attached hydrogens (tertiary/aromatic N) is 4. The zero-order chi connectivity index (χ0) is 25.7. The van der Waals surface area contributed by atoms with Crippen LogP contribution < -0.4 is 0 Å². The summed E-state index contributed by atoms with van der Waals surface area (Å²) in [4.78, 5) is 28.7. The molecule has 0 saturated carbocycles. The smallest absolute Gasteiger partial charge is 0.339 e. The number of pyridine rings is 1. The van der Waals surface area contributed by atoms with E-state index >= 15 is 0 Å². The van der Waals surface area contributed by atoms with Gasteiger partial charge in [0.2, 0.25) is 0 Å². The van der Waals surface area contributed by atoms with Gasteiger partial charge in [-0.2, -0.15) is 5.10 Å². The van der Waals surface area contributed by atoms with Crippen molar-refractivity contribution in [1.29, 1.82) is 0 Å². The number of hydrogen-bond acceptors (Lipinski definition) is 6. The van der Waals surface area contributed by atoms with Crippen LogP contribution in [0.15, 0.2) is 90.7 Å². The number of rotatable bonds is 4. The summed E-state index contributed by atoms with van der Waals surface area (Å²) in [6, 6.07) is 17.8. The van der Waals surface area contributed by atoms with Crippen molar-refractivity contribution in [1.82, 2.24) is 14.8 Å². The van der Waals surface area contributed by atoms with Crippen molar-refractivity contribution in [3.05, 3.63) is 118 Å². The number of fused-ring (bicyclic) bond motifs is 2. The lowest BCUT2D eigenvalue weighted by Crippen LogP contribution is -2.33. The van der Waals surface area contributed by atoms with Crippen molar-refractivity contribution in [3.8, 4) is 5.69 Å². The lowest BCUT2D eigenvalue weighted by Gasteiger charge is -2.34. The normalized spacial score (nSPS) is 19.0. The van der Waals surface area contributed by atoms with Crippen molar-refractivity contribution in [2.75, 3.05) is 0 Å². The van der Waals surface area contributed by atoms with Gasteiger partial charge in [0.05, 0.1) is 21.9 Å². The van der Waals surface area contributed by atoms with Crippen LogP contribution in [0, 0.1) is 23.0 Å². The highest BCUT2D eigenvalue weighted by molar-refractivity contribution is 6.26. The molecule has 0 bridgehead atoms. The molecule has 0 spiro atoms. The number of carbonyl (C=O) groups is 1. The predicted molar refractivity (Wildman–Crippen MR) is 140 cm³/mol. The molecule has 1 aliphatic heterocycles. The average Bonchev–Trinajstić information content (AvgIpc) is 3.24. The number of nitro groups is 1. The van der Waals surface area contributed by atoms with Crippen LogP contribution in [-0.2, 0) is 9.53 Å². The van der Waals surface area contributed by atoms with Gasteiger partial charge in [-0.25, -0.2) is 14.5 Å². The Balaban J connectivity index is 1.54. The predicted octanol–water partition coefficient (Wildman–Crippen LogP) is 5.61. The molecular formula is C29H22N4O4. The van der Waals surface area contributed by atoms with Gasteiger partial charge in [0, 0.05) is 29.6 Å². The fourth-order valence-corrected chi connectivity index (χ4v) is 5.02. The molecule has 0 amide bonds. The molecule has 8 nitrogen and oxygen atoms in total. The van der Waals surface area contributed by atoms with Gasteiger partial charge >= 0.3 is 5.97 Å². The topological polar surface area (TPSA) is 100 Å². The summed E-state index contributed by atoms with van der Waals surface area (Å²) in [7, 11) is 0. The van der Waals surface area contributed by atoms with Gasteiger partial charge in [0.15, 0.2) is 5.65 Å². The Bertz CT molecular complexity index is 1660. The number of allylic oxidation sites excluding steroid dienone is 2. The molecule has 2 atom stereocenters. The van der Waals surface area contributed by atoms with Gasteiger partial charge in [0.25, 0.3) is 5.69 Å². The fraction of sp³-hybridized carbons (Fsp3) is 0.138. The van der Waals surface area contributed by atoms with E-state index in [4.69, 9.17) is 9.72 Å². The summed E-state index contributed by atoms with van der Waals surface area (Å²) in [5.74, 6) is -0.513. The molecule has 37 heavy (non-hydrogen) atoms. The van der Waals surface area contributed by atoms with Crippen LogP contribution in [0.3, 0.4) is 0 Å². The first-order chi connectivity index (χ1) is 17.9. The fourth-order valence-electron chi connectivity index (χ4n) is 5.02. The number of aryl methyl sites for hydroxylation is 1. The Labute approximate surface area is 212 Å². The number of ether oxygens (including phenoxy) is 1. The van der Waals surface area contributed by atoms with Crippen molar-refractivity contribution in [2.24, 2.45) is 5.92 Å². The molecule has 0 saturated heterocycles. The van der Waals surface area contributed by atoms with E-state index in [0.29, 0.717) is 16.9 Å². The Morgan fingerprint density at radius 3 is 2.51 bits per heavy atom. The van der Waals surface area contributed by atoms with Gasteiger partial charge in [-0.3, -0.25) is 10.1 Å². The second-order valence-corrected chi connectivity index (χ2v) is 9.19. The van der Waals surface area contributed by atoms with Crippen LogP contribution in [-0.4, -0.2) is 31.8 Å². The third-order valence-electron chi connectivity index (χ3n) is 6.78. The zero-order valence-corrected chi connectivity index (χ0v) is 20.2. The molecule has 1 aliphatic carbocycles. The minimum Gasteiger partial charge on any atom is -0.454 e. The van der Waals surface area contributed by atoms with E-state index in [-0.39, 0.29) is 17.6 Å². The Kier molecular flexibility index (Phi) is 5.30. The van der Waals surface area contributed by atoms with Crippen LogP contribution in [0.25, 0.3) is 27.9 Å². The highest BCUT2D eigenvalue weighted by Crippen LogP contribution is 2.43. The van der Waals surface area contributed by atoms with Crippen molar-refractivity contribution in [2.45, 2.75) is 20.0 Å². The molecule has 6 rings (SSSR count). The van der Waals surface area contributed by atoms with Crippen LogP contribution in [0.4, 0.5) is 5.69 Å². The number of nitro benzene ring substituents is 1. The molecule has 182 valence electrons. The first-order valence-corrected chi connectivity index (χ1v) is 11.9. The van der Waals surface area contributed by atoms with E-state index in [1.807, 2.05) is 62.4 Å². The molecular weight excluding hydrogens is 468 g/mol. The zero-order valence-electron chi connectivity index (χ0n) is 20.2. The number of esters is 1. The third-order valence-corrected chi connectivity index (χ3v) is 6.78. The SMILES string of the molecule is CC1=CC2C(c3cnc4c(c3)c(C)nn4-c3ccc([N+](=O)[O-])cc3)=C(c3ccccc3)C(=O)OC2C=C1. The van der Waals surface area contributed by atoms with Gasteiger partial charge in [0.1, 0.15) is 6.10 Å². The van der Waals surface area contributed by atoms with E-state index in [0.717, 1.165) is 33.4 Å². The molecule has 3 heterocycles.